The molecule has 0 aromatic rings. The highest BCUT2D eigenvalue weighted by Crippen LogP contribution is 2.55. The van der Waals surface area contributed by atoms with Crippen LogP contribution in [0.2, 0.25) is 0 Å². The average molecular weight is 402 g/mol. The van der Waals surface area contributed by atoms with E-state index in [0.29, 0.717) is 9.80 Å². The molecule has 4 saturated heterocycles. The van der Waals surface area contributed by atoms with Gasteiger partial charge in [-0.3, -0.25) is 50.0 Å². The van der Waals surface area contributed by atoms with Gasteiger partial charge in [-0.2, -0.15) is 0 Å². The quantitative estimate of drug-likeness (QED) is 0.300. The molecule has 152 valence electrons. The molecule has 0 aromatic carbocycles. The Bertz CT molecular complexity index is 723. The molecule has 0 saturated carbocycles. The summed E-state index contributed by atoms with van der Waals surface area (Å²) >= 11 is 0. The molecule has 0 radical (unpaired) electrons. The maximum atomic E-state index is 12.2. The zero-order valence-electron chi connectivity index (χ0n) is 14.5. The zero-order valence-corrected chi connectivity index (χ0v) is 14.5. The lowest BCUT2D eigenvalue weighted by molar-refractivity contribution is -0.846. The van der Waals surface area contributed by atoms with Gasteiger partial charge in [0.1, 0.15) is 19.7 Å². The highest BCUT2D eigenvalue weighted by molar-refractivity contribution is 5.77. The summed E-state index contributed by atoms with van der Waals surface area (Å²) in [6, 6.07) is -7.08. The number of carbonyl (C=O) groups is 2. The topological polar surface area (TPSA) is 213 Å². The maximum absolute atomic E-state index is 12.2. The van der Waals surface area contributed by atoms with Crippen molar-refractivity contribution in [2.24, 2.45) is 0 Å². The molecule has 0 spiro atoms. The van der Waals surface area contributed by atoms with E-state index in [9.17, 15) is 50.0 Å². The van der Waals surface area contributed by atoms with Gasteiger partial charge in [0.2, 0.25) is 11.8 Å². The summed E-state index contributed by atoms with van der Waals surface area (Å²) in [5, 5.41) is 47.4. The summed E-state index contributed by atoms with van der Waals surface area (Å²) in [6.45, 7) is 1.75. The highest BCUT2D eigenvalue weighted by Gasteiger charge is 2.91. The maximum Gasteiger partial charge on any atom is 0.497 e. The first-order valence-electron chi connectivity index (χ1n) is 8.03. The molecule has 2 amide bonds. The van der Waals surface area contributed by atoms with Gasteiger partial charge in [0, 0.05) is 26.7 Å². The van der Waals surface area contributed by atoms with Gasteiger partial charge >= 0.3 is 11.3 Å². The molecule has 4 fully saturated rings. The third-order valence-corrected chi connectivity index (χ3v) is 6.09. The molecule has 4 bridgehead atoms. The number of nitro groups is 4. The Morgan fingerprint density at radius 1 is 0.679 bits per heavy atom. The van der Waals surface area contributed by atoms with E-state index in [4.69, 9.17) is 0 Å². The number of hydrogen-bond acceptors (Lipinski definition) is 10. The van der Waals surface area contributed by atoms with Gasteiger partial charge in [-0.25, -0.2) is 0 Å². The van der Waals surface area contributed by atoms with Crippen LogP contribution in [0.4, 0.5) is 0 Å². The number of piperidine rings is 4. The van der Waals surface area contributed by atoms with E-state index in [1.165, 1.54) is 0 Å². The first kappa shape index (κ1) is 19.3. The fourth-order valence-electron chi connectivity index (χ4n) is 5.25. The van der Waals surface area contributed by atoms with Gasteiger partial charge in [0.15, 0.2) is 24.2 Å². The summed E-state index contributed by atoms with van der Waals surface area (Å²) < 4.78 is 0. The number of hydrogen-bond donors (Lipinski definition) is 0. The number of nitrogens with zero attached hydrogens (tertiary/aromatic N) is 6. The largest absolute Gasteiger partial charge is 0.497 e. The van der Waals surface area contributed by atoms with Crippen molar-refractivity contribution in [1.29, 1.82) is 0 Å². The Morgan fingerprint density at radius 3 is 1.04 bits per heavy atom. The normalized spacial score (nSPS) is 31.4. The molecule has 4 aliphatic heterocycles. The average Bonchev–Trinajstić information content (AvgIpc) is 2.52. The van der Waals surface area contributed by atoms with Crippen LogP contribution in [0.25, 0.3) is 0 Å². The summed E-state index contributed by atoms with van der Waals surface area (Å²) in [4.78, 5) is 67.9. The van der Waals surface area contributed by atoms with Crippen molar-refractivity contribution in [3.63, 3.8) is 0 Å². The van der Waals surface area contributed by atoms with E-state index < -0.39 is 79.8 Å². The van der Waals surface area contributed by atoms with Crippen molar-refractivity contribution in [3.8, 4) is 0 Å². The van der Waals surface area contributed by atoms with Crippen molar-refractivity contribution in [3.05, 3.63) is 40.5 Å². The molecule has 4 aliphatic rings. The molecule has 4 unspecified atom stereocenters. The van der Waals surface area contributed by atoms with Crippen LogP contribution in [0.1, 0.15) is 26.7 Å². The predicted molar refractivity (Wildman–Crippen MR) is 82.9 cm³/mol. The van der Waals surface area contributed by atoms with Crippen LogP contribution < -0.4 is 0 Å². The van der Waals surface area contributed by atoms with Crippen LogP contribution in [0, 0.1) is 40.5 Å². The Kier molecular flexibility index (Phi) is 3.81. The number of amides is 2. The van der Waals surface area contributed by atoms with E-state index in [1.54, 1.807) is 0 Å². The van der Waals surface area contributed by atoms with Crippen molar-refractivity contribution in [2.45, 2.75) is 62.2 Å². The third-order valence-electron chi connectivity index (χ3n) is 6.09. The SMILES string of the molecule is CC(=O)N1C2CC3N(C(C)=O)C(CC1C3([N+](=O)[O-])[N+](=O)[O-])C2([N+](=O)[O-])[N+](=O)[O-]. The van der Waals surface area contributed by atoms with Gasteiger partial charge in [-0.15, -0.1) is 0 Å². The Labute approximate surface area is 154 Å². The minimum Gasteiger partial charge on any atom is -0.308 e. The summed E-state index contributed by atoms with van der Waals surface area (Å²) in [5.41, 5.74) is -6.08. The Balaban J connectivity index is 2.37. The molecule has 4 atom stereocenters. The third kappa shape index (κ3) is 1.79. The summed E-state index contributed by atoms with van der Waals surface area (Å²) in [7, 11) is 0. The van der Waals surface area contributed by atoms with E-state index in [-0.39, 0.29) is 0 Å². The zero-order chi connectivity index (χ0) is 21.3. The first-order chi connectivity index (χ1) is 12.9. The van der Waals surface area contributed by atoms with Gasteiger partial charge in [0.05, 0.1) is 0 Å². The van der Waals surface area contributed by atoms with Gasteiger partial charge in [0.25, 0.3) is 0 Å². The van der Waals surface area contributed by atoms with Gasteiger partial charge < -0.3 is 9.80 Å². The lowest BCUT2D eigenvalue weighted by atomic mass is 9.62. The predicted octanol–water partition coefficient (Wildman–Crippen LogP) is -1.52. The second-order valence-corrected chi connectivity index (χ2v) is 6.98. The number of carbonyl (C=O) groups excluding carboxylic acids is 2. The van der Waals surface area contributed by atoms with Gasteiger partial charge in [-0.05, 0) is 0 Å². The lowest BCUT2D eigenvalue weighted by Gasteiger charge is -2.60. The Morgan fingerprint density at radius 2 is 0.893 bits per heavy atom. The molecule has 4 rings (SSSR count). The number of rotatable bonds is 4. The van der Waals surface area contributed by atoms with E-state index in [0.717, 1.165) is 13.8 Å². The fourth-order valence-corrected chi connectivity index (χ4v) is 5.25. The first-order valence-corrected chi connectivity index (χ1v) is 8.03. The monoisotopic (exact) mass is 402 g/mol. The summed E-state index contributed by atoms with van der Waals surface area (Å²) in [5.74, 6) is -1.99. The smallest absolute Gasteiger partial charge is 0.308 e. The van der Waals surface area contributed by atoms with Crippen molar-refractivity contribution in [2.75, 3.05) is 0 Å². The van der Waals surface area contributed by atoms with Crippen LogP contribution in [-0.4, -0.2) is 76.8 Å². The van der Waals surface area contributed by atoms with Crippen LogP contribution in [0.5, 0.6) is 0 Å². The molecule has 16 nitrogen and oxygen atoms in total. The lowest BCUT2D eigenvalue weighted by Crippen LogP contribution is -2.92. The molecular weight excluding hydrogens is 388 g/mol. The van der Waals surface area contributed by atoms with Gasteiger partial charge in [-0.1, -0.05) is 0 Å². The molecule has 0 aliphatic carbocycles. The highest BCUT2D eigenvalue weighted by atomic mass is 16.7. The van der Waals surface area contributed by atoms with Crippen LogP contribution in [0.3, 0.4) is 0 Å². The van der Waals surface area contributed by atoms with E-state index in [2.05, 4.69) is 0 Å². The second kappa shape index (κ2) is 5.52. The van der Waals surface area contributed by atoms with E-state index >= 15 is 0 Å². The summed E-state index contributed by atoms with van der Waals surface area (Å²) in [6.07, 6.45) is -1.67. The second-order valence-electron chi connectivity index (χ2n) is 6.98. The van der Waals surface area contributed by atoms with Crippen molar-refractivity contribution in [1.82, 2.24) is 9.80 Å². The molecule has 16 heteroatoms. The molecule has 0 N–H and O–H groups in total. The van der Waals surface area contributed by atoms with Crippen LogP contribution >= 0.6 is 0 Å². The minimum absolute atomic E-state index is 0.529. The molecule has 4 heterocycles. The molecule has 28 heavy (non-hydrogen) atoms. The molecular formula is C12H14N6O10. The van der Waals surface area contributed by atoms with E-state index in [1.807, 2.05) is 0 Å². The Hall–Kier alpha value is -3.46. The van der Waals surface area contributed by atoms with Crippen molar-refractivity contribution < 1.29 is 29.3 Å². The minimum atomic E-state index is -3.04. The fraction of sp³-hybridized carbons (Fsp3) is 0.833. The van der Waals surface area contributed by atoms with Crippen LogP contribution in [-0.2, 0) is 9.59 Å². The van der Waals surface area contributed by atoms with Crippen molar-refractivity contribution >= 4 is 11.8 Å². The molecule has 0 aromatic heterocycles. The van der Waals surface area contributed by atoms with Crippen LogP contribution in [0.15, 0.2) is 0 Å². The standard InChI is InChI=1S/C12H14N6O10/c1-5(19)13-7-3-9-12(17(25)26,18(27)28)8(13)4-10(14(9)6(2)20)11(7,15(21)22)16(23)24/h7-10H,3-4H2,1-2H3.